The lowest BCUT2D eigenvalue weighted by Gasteiger charge is -2.33. The van der Waals surface area contributed by atoms with Crippen molar-refractivity contribution in [3.8, 4) is 0 Å². The summed E-state index contributed by atoms with van der Waals surface area (Å²) in [6, 6.07) is 2.65. The minimum Gasteiger partial charge on any atom is -0.388 e. The van der Waals surface area contributed by atoms with Gasteiger partial charge in [0, 0.05) is 58.3 Å². The van der Waals surface area contributed by atoms with E-state index < -0.39 is 5.60 Å². The molecule has 3 heterocycles. The van der Waals surface area contributed by atoms with Gasteiger partial charge in [-0.3, -0.25) is 9.89 Å². The summed E-state index contributed by atoms with van der Waals surface area (Å²) in [6.45, 7) is 7.84. The molecule has 0 bridgehead atoms. The first-order valence-electron chi connectivity index (χ1n) is 9.75. The Balaban J connectivity index is 0.00000261. The van der Waals surface area contributed by atoms with Crippen LogP contribution in [0.25, 0.3) is 0 Å². The van der Waals surface area contributed by atoms with Crippen molar-refractivity contribution >= 4 is 41.3 Å². The molecule has 2 saturated heterocycles. The summed E-state index contributed by atoms with van der Waals surface area (Å²) in [5.41, 5.74) is 0.700. The summed E-state index contributed by atoms with van der Waals surface area (Å²) >= 11 is 1.77. The minimum absolute atomic E-state index is 0. The third kappa shape index (κ3) is 7.49. The Labute approximate surface area is 183 Å². The number of rotatable bonds is 6. The highest BCUT2D eigenvalue weighted by molar-refractivity contribution is 14.0. The van der Waals surface area contributed by atoms with Crippen LogP contribution in [0.2, 0.25) is 0 Å². The number of ether oxygens (including phenoxy) is 1. The number of likely N-dealkylation sites (tertiary alicyclic amines) is 1. The number of thiophene rings is 1. The monoisotopic (exact) mass is 508 g/mol. The Morgan fingerprint density at radius 3 is 2.74 bits per heavy atom. The molecule has 0 saturated carbocycles. The first-order chi connectivity index (χ1) is 12.7. The van der Waals surface area contributed by atoms with Gasteiger partial charge < -0.3 is 20.5 Å². The Morgan fingerprint density at radius 1 is 1.37 bits per heavy atom. The Kier molecular flexibility index (Phi) is 9.78. The molecule has 1 aromatic heterocycles. The normalized spacial score (nSPS) is 21.5. The molecule has 2 aliphatic heterocycles. The van der Waals surface area contributed by atoms with Crippen molar-refractivity contribution in [2.45, 2.75) is 50.8 Å². The van der Waals surface area contributed by atoms with Crippen molar-refractivity contribution in [2.24, 2.45) is 4.99 Å². The van der Waals surface area contributed by atoms with Crippen LogP contribution in [0.3, 0.4) is 0 Å². The molecule has 6 nitrogen and oxygen atoms in total. The van der Waals surface area contributed by atoms with E-state index in [4.69, 9.17) is 4.74 Å². The number of hydrogen-bond donors (Lipinski definition) is 3. The smallest absolute Gasteiger partial charge is 0.191 e. The van der Waals surface area contributed by atoms with Crippen LogP contribution in [-0.4, -0.2) is 67.0 Å². The molecule has 0 spiro atoms. The van der Waals surface area contributed by atoms with Gasteiger partial charge in [0.25, 0.3) is 0 Å². The van der Waals surface area contributed by atoms with Gasteiger partial charge in [0.1, 0.15) is 0 Å². The van der Waals surface area contributed by atoms with Gasteiger partial charge in [0.15, 0.2) is 5.96 Å². The van der Waals surface area contributed by atoms with Crippen LogP contribution in [0.1, 0.15) is 38.2 Å². The van der Waals surface area contributed by atoms with Gasteiger partial charge in [-0.25, -0.2) is 0 Å². The number of halogens is 1. The van der Waals surface area contributed by atoms with Crippen LogP contribution >= 0.6 is 35.3 Å². The second-order valence-electron chi connectivity index (χ2n) is 7.36. The topological polar surface area (TPSA) is 69.1 Å². The molecule has 0 atom stereocenters. The zero-order valence-corrected chi connectivity index (χ0v) is 19.3. The highest BCUT2D eigenvalue weighted by atomic mass is 127. The largest absolute Gasteiger partial charge is 0.388 e. The highest BCUT2D eigenvalue weighted by Crippen LogP contribution is 2.20. The van der Waals surface area contributed by atoms with Crippen LogP contribution in [0, 0.1) is 0 Å². The second-order valence-corrected chi connectivity index (χ2v) is 8.14. The van der Waals surface area contributed by atoms with Crippen molar-refractivity contribution in [3.63, 3.8) is 0 Å². The van der Waals surface area contributed by atoms with E-state index in [9.17, 15) is 5.11 Å². The van der Waals surface area contributed by atoms with Crippen molar-refractivity contribution in [1.29, 1.82) is 0 Å². The number of piperidine rings is 1. The van der Waals surface area contributed by atoms with Crippen LogP contribution in [0.4, 0.5) is 0 Å². The van der Waals surface area contributed by atoms with Gasteiger partial charge in [-0.2, -0.15) is 11.3 Å². The number of nitrogens with one attached hydrogen (secondary N) is 2. The maximum absolute atomic E-state index is 10.6. The van der Waals surface area contributed by atoms with Gasteiger partial charge in [0.2, 0.25) is 0 Å². The predicted octanol–water partition coefficient (Wildman–Crippen LogP) is 2.43. The Hall–Kier alpha value is -0.420. The molecule has 0 amide bonds. The fourth-order valence-electron chi connectivity index (χ4n) is 3.53. The summed E-state index contributed by atoms with van der Waals surface area (Å²) in [6.07, 6.45) is 3.56. The third-order valence-corrected chi connectivity index (χ3v) is 5.95. The highest BCUT2D eigenvalue weighted by Gasteiger charge is 2.29. The molecule has 0 unspecified atom stereocenters. The van der Waals surface area contributed by atoms with Gasteiger partial charge in [-0.05, 0) is 42.2 Å². The third-order valence-electron chi connectivity index (χ3n) is 5.21. The first-order valence-corrected chi connectivity index (χ1v) is 10.7. The molecule has 3 rings (SSSR count). The summed E-state index contributed by atoms with van der Waals surface area (Å²) in [4.78, 5) is 7.18. The van der Waals surface area contributed by atoms with E-state index in [1.165, 1.54) is 5.56 Å². The summed E-state index contributed by atoms with van der Waals surface area (Å²) in [7, 11) is 0. The van der Waals surface area contributed by atoms with E-state index in [0.717, 1.165) is 45.0 Å². The van der Waals surface area contributed by atoms with E-state index in [1.807, 2.05) is 0 Å². The lowest BCUT2D eigenvalue weighted by atomic mass is 9.95. The van der Waals surface area contributed by atoms with Crippen LogP contribution in [0.15, 0.2) is 21.8 Å². The molecule has 0 aliphatic carbocycles. The number of aliphatic hydroxyl groups is 1. The molecular formula is C19H33IN4O2S. The molecular weight excluding hydrogens is 475 g/mol. The SMILES string of the molecule is CCNC(=NCC1(O)CCOCC1)NC1CCN(Cc2ccsc2)CC1.I. The fraction of sp³-hybridized carbons (Fsp3) is 0.737. The fourth-order valence-corrected chi connectivity index (χ4v) is 4.19. The van der Waals surface area contributed by atoms with Gasteiger partial charge >= 0.3 is 0 Å². The molecule has 1 aromatic rings. The average Bonchev–Trinajstić information content (AvgIpc) is 3.15. The predicted molar refractivity (Wildman–Crippen MR) is 122 cm³/mol. The average molecular weight is 508 g/mol. The maximum Gasteiger partial charge on any atom is 0.191 e. The van der Waals surface area contributed by atoms with Crippen molar-refractivity contribution < 1.29 is 9.84 Å². The van der Waals surface area contributed by atoms with Crippen LogP contribution < -0.4 is 10.6 Å². The lowest BCUT2D eigenvalue weighted by Crippen LogP contribution is -2.49. The Bertz CT molecular complexity index is 556. The molecule has 8 heteroatoms. The van der Waals surface area contributed by atoms with E-state index in [-0.39, 0.29) is 24.0 Å². The van der Waals surface area contributed by atoms with E-state index >= 15 is 0 Å². The summed E-state index contributed by atoms with van der Waals surface area (Å²) in [5.74, 6) is 0.823. The zero-order chi connectivity index (χ0) is 18.2. The van der Waals surface area contributed by atoms with E-state index in [1.54, 1.807) is 11.3 Å². The summed E-state index contributed by atoms with van der Waals surface area (Å²) in [5, 5.41) is 21.9. The molecule has 154 valence electrons. The van der Waals surface area contributed by atoms with Crippen molar-refractivity contribution in [1.82, 2.24) is 15.5 Å². The first kappa shape index (κ1) is 22.9. The van der Waals surface area contributed by atoms with Crippen molar-refractivity contribution in [2.75, 3.05) is 39.4 Å². The molecule has 27 heavy (non-hydrogen) atoms. The van der Waals surface area contributed by atoms with Gasteiger partial charge in [-0.1, -0.05) is 0 Å². The number of hydrogen-bond acceptors (Lipinski definition) is 5. The molecule has 2 aliphatic rings. The quantitative estimate of drug-likeness (QED) is 0.313. The second kappa shape index (κ2) is 11.5. The lowest BCUT2D eigenvalue weighted by molar-refractivity contribution is -0.0566. The molecule has 0 aromatic carbocycles. The van der Waals surface area contributed by atoms with Gasteiger partial charge in [0.05, 0.1) is 12.1 Å². The summed E-state index contributed by atoms with van der Waals surface area (Å²) < 4.78 is 5.34. The van der Waals surface area contributed by atoms with Crippen molar-refractivity contribution in [3.05, 3.63) is 22.4 Å². The Morgan fingerprint density at radius 2 is 2.11 bits per heavy atom. The van der Waals surface area contributed by atoms with Crippen LogP contribution in [0.5, 0.6) is 0 Å². The molecule has 3 N–H and O–H groups in total. The minimum atomic E-state index is -0.718. The maximum atomic E-state index is 10.6. The van der Waals surface area contributed by atoms with E-state index in [0.29, 0.717) is 38.6 Å². The number of guanidine groups is 1. The standard InChI is InChI=1S/C19H32N4O2S.HI/c1-2-20-18(21-15-19(24)6-10-25-11-7-19)22-17-3-8-23(9-4-17)13-16-5-12-26-14-16;/h5,12,14,17,24H,2-4,6-11,13,15H2,1H3,(H2,20,21,22);1H. The molecule has 2 fully saturated rings. The van der Waals surface area contributed by atoms with Gasteiger partial charge in [-0.15, -0.1) is 24.0 Å². The van der Waals surface area contributed by atoms with E-state index in [2.05, 4.69) is 44.3 Å². The van der Waals surface area contributed by atoms with Crippen LogP contribution in [-0.2, 0) is 11.3 Å². The number of nitrogens with zero attached hydrogens (tertiary/aromatic N) is 2. The zero-order valence-electron chi connectivity index (χ0n) is 16.2. The molecule has 0 radical (unpaired) electrons. The number of aliphatic imine (C=N–C) groups is 1.